The number of rotatable bonds is 4. The van der Waals surface area contributed by atoms with Crippen molar-refractivity contribution in [3.8, 4) is 17.2 Å². The van der Waals surface area contributed by atoms with E-state index >= 15 is 0 Å². The summed E-state index contributed by atoms with van der Waals surface area (Å²) in [6.07, 6.45) is 1.23. The fourth-order valence-corrected chi connectivity index (χ4v) is 4.00. The SMILES string of the molecule is N#CC(Cc1ccc2c(c1)COCc1cc(F)ccc1-2)NC(=O)C1(N)CCOCC1. The number of hydrogen-bond donors (Lipinski definition) is 2. The Labute approximate surface area is 174 Å². The molecule has 2 aliphatic rings. The van der Waals surface area contributed by atoms with E-state index in [1.165, 1.54) is 12.1 Å². The topological polar surface area (TPSA) is 97.4 Å². The van der Waals surface area contributed by atoms with Crippen LogP contribution in [0, 0.1) is 17.1 Å². The first-order valence-corrected chi connectivity index (χ1v) is 10.0. The van der Waals surface area contributed by atoms with Gasteiger partial charge in [-0.25, -0.2) is 4.39 Å². The molecule has 2 aromatic rings. The molecule has 2 aliphatic heterocycles. The fourth-order valence-electron chi connectivity index (χ4n) is 4.00. The zero-order chi connectivity index (χ0) is 21.1. The molecule has 1 fully saturated rings. The van der Waals surface area contributed by atoms with Gasteiger partial charge in [-0.1, -0.05) is 24.3 Å². The molecule has 1 unspecified atom stereocenters. The molecule has 0 aliphatic carbocycles. The fraction of sp³-hybridized carbons (Fsp3) is 0.391. The lowest BCUT2D eigenvalue weighted by atomic mass is 9.89. The Bertz CT molecular complexity index is 996. The van der Waals surface area contributed by atoms with E-state index in [0.29, 0.717) is 45.7 Å². The van der Waals surface area contributed by atoms with E-state index in [1.54, 1.807) is 6.07 Å². The summed E-state index contributed by atoms with van der Waals surface area (Å²) in [5.74, 6) is -0.598. The number of nitrogens with one attached hydrogen (secondary N) is 1. The number of halogens is 1. The summed E-state index contributed by atoms with van der Waals surface area (Å²) in [6.45, 7) is 1.62. The van der Waals surface area contributed by atoms with Gasteiger partial charge in [-0.15, -0.1) is 0 Å². The second kappa shape index (κ2) is 8.52. The molecule has 0 saturated carbocycles. The van der Waals surface area contributed by atoms with Crippen LogP contribution in [0.2, 0.25) is 0 Å². The number of hydrogen-bond acceptors (Lipinski definition) is 5. The molecule has 3 N–H and O–H groups in total. The van der Waals surface area contributed by atoms with Crippen molar-refractivity contribution in [1.82, 2.24) is 5.32 Å². The summed E-state index contributed by atoms with van der Waals surface area (Å²) in [4.78, 5) is 12.6. The summed E-state index contributed by atoms with van der Waals surface area (Å²) in [5.41, 5.74) is 9.86. The Balaban J connectivity index is 1.51. The summed E-state index contributed by atoms with van der Waals surface area (Å²) < 4.78 is 24.6. The minimum Gasteiger partial charge on any atom is -0.381 e. The molecule has 0 spiro atoms. The van der Waals surface area contributed by atoms with Crippen molar-refractivity contribution in [3.05, 3.63) is 58.9 Å². The summed E-state index contributed by atoms with van der Waals surface area (Å²) in [6, 6.07) is 12.1. The number of carbonyl (C=O) groups is 1. The standard InChI is InChI=1S/C23H24FN3O3/c24-18-2-4-21-17(11-18)14-30-13-16-9-15(1-3-20(16)21)10-19(12-25)27-22(28)23(26)5-7-29-8-6-23/h1-4,9,11,19H,5-8,10,13-14,26H2,(H,27,28). The number of ether oxygens (including phenoxy) is 2. The first kappa shape index (κ1) is 20.5. The lowest BCUT2D eigenvalue weighted by Gasteiger charge is -2.32. The summed E-state index contributed by atoms with van der Waals surface area (Å²) in [5, 5.41) is 12.4. The van der Waals surface area contributed by atoms with Crippen LogP contribution in [0.15, 0.2) is 36.4 Å². The van der Waals surface area contributed by atoms with Crippen molar-refractivity contribution in [2.45, 2.75) is 44.1 Å². The molecule has 0 aromatic heterocycles. The molecular weight excluding hydrogens is 385 g/mol. The third kappa shape index (κ3) is 4.21. The second-order valence-corrected chi connectivity index (χ2v) is 7.91. The van der Waals surface area contributed by atoms with Crippen LogP contribution in [0.25, 0.3) is 11.1 Å². The average Bonchev–Trinajstić information content (AvgIpc) is 2.92. The molecule has 2 heterocycles. The maximum absolute atomic E-state index is 13.6. The van der Waals surface area contributed by atoms with E-state index in [9.17, 15) is 14.4 Å². The van der Waals surface area contributed by atoms with Gasteiger partial charge >= 0.3 is 0 Å². The van der Waals surface area contributed by atoms with E-state index in [2.05, 4.69) is 11.4 Å². The van der Waals surface area contributed by atoms with Gasteiger partial charge in [-0.3, -0.25) is 4.79 Å². The molecule has 1 atom stereocenters. The van der Waals surface area contributed by atoms with Gasteiger partial charge in [0.05, 0.1) is 24.8 Å². The average molecular weight is 409 g/mol. The number of fused-ring (bicyclic) bond motifs is 3. The number of nitrogens with two attached hydrogens (primary N) is 1. The van der Waals surface area contributed by atoms with Gasteiger partial charge in [0.15, 0.2) is 0 Å². The maximum Gasteiger partial charge on any atom is 0.241 e. The van der Waals surface area contributed by atoms with E-state index in [4.69, 9.17) is 15.2 Å². The highest BCUT2D eigenvalue weighted by Crippen LogP contribution is 2.33. The molecule has 7 heteroatoms. The smallest absolute Gasteiger partial charge is 0.241 e. The molecule has 4 rings (SSSR count). The van der Waals surface area contributed by atoms with Crippen LogP contribution in [0.3, 0.4) is 0 Å². The first-order valence-electron chi connectivity index (χ1n) is 10.0. The Morgan fingerprint density at radius 2 is 1.80 bits per heavy atom. The second-order valence-electron chi connectivity index (χ2n) is 7.91. The molecule has 6 nitrogen and oxygen atoms in total. The lowest BCUT2D eigenvalue weighted by Crippen LogP contribution is -2.58. The van der Waals surface area contributed by atoms with Crippen molar-refractivity contribution in [2.75, 3.05) is 13.2 Å². The first-order chi connectivity index (χ1) is 14.5. The normalized spacial score (nSPS) is 18.3. The highest BCUT2D eigenvalue weighted by Gasteiger charge is 2.36. The Morgan fingerprint density at radius 1 is 1.13 bits per heavy atom. The van der Waals surface area contributed by atoms with E-state index < -0.39 is 11.6 Å². The monoisotopic (exact) mass is 409 g/mol. The number of nitrogens with zero attached hydrogens (tertiary/aromatic N) is 1. The Hall–Kier alpha value is -2.79. The van der Waals surface area contributed by atoms with Crippen LogP contribution in [-0.4, -0.2) is 30.7 Å². The minimum atomic E-state index is -0.992. The van der Waals surface area contributed by atoms with Crippen LogP contribution >= 0.6 is 0 Å². The predicted molar refractivity (Wildman–Crippen MR) is 109 cm³/mol. The van der Waals surface area contributed by atoms with Gasteiger partial charge in [0.1, 0.15) is 11.9 Å². The number of carbonyl (C=O) groups excluding carboxylic acids is 1. The molecular formula is C23H24FN3O3. The number of amides is 1. The molecule has 30 heavy (non-hydrogen) atoms. The van der Waals surface area contributed by atoms with Crippen molar-refractivity contribution < 1.29 is 18.7 Å². The van der Waals surface area contributed by atoms with E-state index in [0.717, 1.165) is 27.8 Å². The Kier molecular flexibility index (Phi) is 5.82. The van der Waals surface area contributed by atoms with Crippen molar-refractivity contribution in [2.24, 2.45) is 5.73 Å². The molecule has 156 valence electrons. The van der Waals surface area contributed by atoms with Crippen LogP contribution in [0.1, 0.15) is 29.5 Å². The highest BCUT2D eigenvalue weighted by atomic mass is 19.1. The molecule has 0 radical (unpaired) electrons. The van der Waals surface area contributed by atoms with Crippen molar-refractivity contribution in [3.63, 3.8) is 0 Å². The zero-order valence-electron chi connectivity index (χ0n) is 16.6. The van der Waals surface area contributed by atoms with E-state index in [-0.39, 0.29) is 11.7 Å². The van der Waals surface area contributed by atoms with Crippen LogP contribution in [0.5, 0.6) is 0 Å². The maximum atomic E-state index is 13.6. The quantitative estimate of drug-likeness (QED) is 0.809. The highest BCUT2D eigenvalue weighted by molar-refractivity contribution is 5.86. The molecule has 1 amide bonds. The predicted octanol–water partition coefficient (Wildman–Crippen LogP) is 2.58. The van der Waals surface area contributed by atoms with Gasteiger partial charge in [0, 0.05) is 19.6 Å². The van der Waals surface area contributed by atoms with Gasteiger partial charge in [0.2, 0.25) is 5.91 Å². The van der Waals surface area contributed by atoms with Crippen LogP contribution in [0.4, 0.5) is 4.39 Å². The van der Waals surface area contributed by atoms with Crippen molar-refractivity contribution >= 4 is 5.91 Å². The minimum absolute atomic E-state index is 0.285. The molecule has 2 aromatic carbocycles. The zero-order valence-corrected chi connectivity index (χ0v) is 16.6. The number of benzene rings is 2. The lowest BCUT2D eigenvalue weighted by molar-refractivity contribution is -0.130. The number of nitriles is 1. The molecule has 0 bridgehead atoms. The van der Waals surface area contributed by atoms with Gasteiger partial charge in [-0.05, 0) is 52.8 Å². The molecule has 1 saturated heterocycles. The Morgan fingerprint density at radius 3 is 2.50 bits per heavy atom. The van der Waals surface area contributed by atoms with Crippen LogP contribution < -0.4 is 11.1 Å². The third-order valence-corrected chi connectivity index (χ3v) is 5.78. The third-order valence-electron chi connectivity index (χ3n) is 5.78. The van der Waals surface area contributed by atoms with Gasteiger partial charge in [0.25, 0.3) is 0 Å². The summed E-state index contributed by atoms with van der Waals surface area (Å²) in [7, 11) is 0. The summed E-state index contributed by atoms with van der Waals surface area (Å²) >= 11 is 0. The van der Waals surface area contributed by atoms with Gasteiger partial charge in [-0.2, -0.15) is 5.26 Å². The largest absolute Gasteiger partial charge is 0.381 e. The van der Waals surface area contributed by atoms with Crippen LogP contribution in [-0.2, 0) is 33.9 Å². The van der Waals surface area contributed by atoms with E-state index in [1.807, 2.05) is 18.2 Å². The van der Waals surface area contributed by atoms with Gasteiger partial charge < -0.3 is 20.5 Å². The van der Waals surface area contributed by atoms with Crippen molar-refractivity contribution in [1.29, 1.82) is 5.26 Å².